The van der Waals surface area contributed by atoms with Gasteiger partial charge in [0.15, 0.2) is 11.5 Å². The molecule has 208 valence electrons. The van der Waals surface area contributed by atoms with Crippen LogP contribution >= 0.6 is 0 Å². The van der Waals surface area contributed by atoms with Crippen LogP contribution in [0.5, 0.6) is 11.5 Å². The van der Waals surface area contributed by atoms with E-state index in [0.717, 1.165) is 11.1 Å². The van der Waals surface area contributed by atoms with E-state index in [-0.39, 0.29) is 40.7 Å². The maximum Gasteiger partial charge on any atom is 0.264 e. The van der Waals surface area contributed by atoms with Gasteiger partial charge in [-0.05, 0) is 56.2 Å². The number of rotatable bonds is 7. The highest BCUT2D eigenvalue weighted by Crippen LogP contribution is 2.55. The van der Waals surface area contributed by atoms with Crippen LogP contribution in [-0.4, -0.2) is 55.6 Å². The number of benzene rings is 3. The van der Waals surface area contributed by atoms with Gasteiger partial charge in [0.2, 0.25) is 10.0 Å². The predicted octanol–water partition coefficient (Wildman–Crippen LogP) is 4.35. The highest BCUT2D eigenvalue weighted by Gasteiger charge is 2.48. The Morgan fingerprint density at radius 3 is 1.87 bits per heavy atom. The van der Waals surface area contributed by atoms with Crippen LogP contribution in [0.1, 0.15) is 40.8 Å². The SMILES string of the molecule is COc1cc2c3c(c1OC)N(S(=O)(=O)c1ccc(C)cc1)CC[C@H]3N(S(=O)(=O)c1ccc(C)cc1)C[C@@H]2OC. The lowest BCUT2D eigenvalue weighted by Gasteiger charge is -2.46. The lowest BCUT2D eigenvalue weighted by molar-refractivity contribution is 0.0609. The van der Waals surface area contributed by atoms with Crippen molar-refractivity contribution in [3.63, 3.8) is 0 Å². The second-order valence-corrected chi connectivity index (χ2v) is 13.5. The summed E-state index contributed by atoms with van der Waals surface area (Å²) in [5.74, 6) is 0.564. The van der Waals surface area contributed by atoms with Crippen LogP contribution in [0, 0.1) is 13.8 Å². The molecule has 0 saturated carbocycles. The highest BCUT2D eigenvalue weighted by atomic mass is 32.2. The van der Waals surface area contributed by atoms with Gasteiger partial charge in [-0.2, -0.15) is 4.31 Å². The molecule has 2 atom stereocenters. The van der Waals surface area contributed by atoms with E-state index < -0.39 is 32.2 Å². The van der Waals surface area contributed by atoms with E-state index in [2.05, 4.69) is 0 Å². The van der Waals surface area contributed by atoms with Crippen LogP contribution in [-0.2, 0) is 24.8 Å². The van der Waals surface area contributed by atoms with E-state index >= 15 is 0 Å². The Morgan fingerprint density at radius 1 is 0.795 bits per heavy atom. The van der Waals surface area contributed by atoms with Crippen molar-refractivity contribution in [1.82, 2.24) is 4.31 Å². The first-order valence-electron chi connectivity index (χ1n) is 12.5. The third-order valence-corrected chi connectivity index (χ3v) is 11.2. The number of methoxy groups -OCH3 is 3. The zero-order valence-corrected chi connectivity index (χ0v) is 24.2. The Hall–Kier alpha value is -3.12. The van der Waals surface area contributed by atoms with Crippen LogP contribution < -0.4 is 13.8 Å². The van der Waals surface area contributed by atoms with Crippen LogP contribution in [0.15, 0.2) is 64.4 Å². The number of hydrogen-bond acceptors (Lipinski definition) is 7. The van der Waals surface area contributed by atoms with Crippen LogP contribution in [0.25, 0.3) is 0 Å². The molecule has 0 amide bonds. The van der Waals surface area contributed by atoms with Gasteiger partial charge in [0.05, 0.1) is 36.2 Å². The van der Waals surface area contributed by atoms with Crippen molar-refractivity contribution in [2.75, 3.05) is 38.7 Å². The lowest BCUT2D eigenvalue weighted by atomic mass is 9.86. The van der Waals surface area contributed by atoms with Crippen molar-refractivity contribution in [2.45, 2.75) is 42.2 Å². The fourth-order valence-electron chi connectivity index (χ4n) is 5.44. The molecule has 3 aromatic carbocycles. The molecule has 0 aromatic heterocycles. The summed E-state index contributed by atoms with van der Waals surface area (Å²) in [6.45, 7) is 3.90. The summed E-state index contributed by atoms with van der Waals surface area (Å²) >= 11 is 0. The van der Waals surface area contributed by atoms with Gasteiger partial charge < -0.3 is 14.2 Å². The summed E-state index contributed by atoms with van der Waals surface area (Å²) in [6.07, 6.45) is -0.403. The maximum absolute atomic E-state index is 14.0. The molecule has 11 heteroatoms. The molecule has 0 aliphatic carbocycles. The number of anilines is 1. The molecule has 2 aliphatic heterocycles. The standard InChI is InChI=1S/C28H32N2O7S2/c1-18-6-10-20(11-7-18)38(31,32)29-15-14-23-26-22(16-24(35-3)28(37-5)27(26)29)25(36-4)17-30(23)39(33,34)21-12-8-19(2)9-13-21/h6-13,16,23,25H,14-15,17H2,1-5H3/t23-,25+/m1/s1. The third-order valence-electron chi connectivity index (χ3n) is 7.47. The largest absolute Gasteiger partial charge is 0.493 e. The van der Waals surface area contributed by atoms with Crippen molar-refractivity contribution in [1.29, 1.82) is 0 Å². The average molecular weight is 573 g/mol. The van der Waals surface area contributed by atoms with Crippen molar-refractivity contribution in [2.24, 2.45) is 0 Å². The molecule has 39 heavy (non-hydrogen) atoms. The van der Waals surface area contributed by atoms with E-state index in [9.17, 15) is 16.8 Å². The quantitative estimate of drug-likeness (QED) is 0.415. The molecular formula is C28H32N2O7S2. The van der Waals surface area contributed by atoms with Crippen molar-refractivity contribution >= 4 is 25.7 Å². The molecule has 0 spiro atoms. The Bertz CT molecular complexity index is 1600. The summed E-state index contributed by atoms with van der Waals surface area (Å²) < 4.78 is 75.8. The van der Waals surface area contributed by atoms with Gasteiger partial charge >= 0.3 is 0 Å². The molecule has 0 unspecified atom stereocenters. The van der Waals surface area contributed by atoms with Gasteiger partial charge in [0.25, 0.3) is 10.0 Å². The third kappa shape index (κ3) is 4.47. The van der Waals surface area contributed by atoms with Crippen LogP contribution in [0.3, 0.4) is 0 Å². The highest BCUT2D eigenvalue weighted by molar-refractivity contribution is 7.92. The monoisotopic (exact) mass is 572 g/mol. The topological polar surface area (TPSA) is 102 Å². The zero-order valence-electron chi connectivity index (χ0n) is 22.5. The normalized spacial score (nSPS) is 19.5. The molecular weight excluding hydrogens is 540 g/mol. The number of nitrogens with zero attached hydrogens (tertiary/aromatic N) is 2. The van der Waals surface area contributed by atoms with E-state index in [0.29, 0.717) is 16.9 Å². The number of aryl methyl sites for hydroxylation is 2. The van der Waals surface area contributed by atoms with Gasteiger partial charge in [-0.15, -0.1) is 0 Å². The smallest absolute Gasteiger partial charge is 0.264 e. The zero-order chi connectivity index (χ0) is 28.1. The van der Waals surface area contributed by atoms with Gasteiger partial charge in [-0.25, -0.2) is 16.8 Å². The summed E-state index contributed by atoms with van der Waals surface area (Å²) in [5.41, 5.74) is 3.37. The number of sulfonamides is 2. The van der Waals surface area contributed by atoms with E-state index in [4.69, 9.17) is 14.2 Å². The molecule has 5 rings (SSSR count). The first-order chi connectivity index (χ1) is 18.5. The Kier molecular flexibility index (Phi) is 7.13. The second-order valence-electron chi connectivity index (χ2n) is 9.77. The molecule has 0 bridgehead atoms. The summed E-state index contributed by atoms with van der Waals surface area (Å²) in [4.78, 5) is 0.302. The summed E-state index contributed by atoms with van der Waals surface area (Å²) in [6, 6.07) is 14.5. The minimum absolute atomic E-state index is 0.0500. The van der Waals surface area contributed by atoms with Crippen molar-refractivity contribution in [3.05, 3.63) is 76.9 Å². The Balaban J connectivity index is 1.75. The second kappa shape index (κ2) is 10.1. The van der Waals surface area contributed by atoms with E-state index in [1.807, 2.05) is 13.8 Å². The average Bonchev–Trinajstić information content (AvgIpc) is 2.93. The minimum Gasteiger partial charge on any atom is -0.493 e. The Labute approximate surface area is 230 Å². The molecule has 2 aliphatic rings. The summed E-state index contributed by atoms with van der Waals surface area (Å²) in [5, 5.41) is 0. The van der Waals surface area contributed by atoms with Gasteiger partial charge in [-0.3, -0.25) is 4.31 Å². The molecule has 0 fully saturated rings. The molecule has 0 radical (unpaired) electrons. The minimum atomic E-state index is -4.02. The molecule has 0 saturated heterocycles. The fraction of sp³-hybridized carbons (Fsp3) is 0.357. The van der Waals surface area contributed by atoms with Crippen LogP contribution in [0.2, 0.25) is 0 Å². The predicted molar refractivity (Wildman–Crippen MR) is 147 cm³/mol. The Morgan fingerprint density at radius 2 is 1.36 bits per heavy atom. The van der Waals surface area contributed by atoms with Crippen LogP contribution in [0.4, 0.5) is 5.69 Å². The number of ether oxygens (including phenoxy) is 3. The number of hydrogen-bond donors (Lipinski definition) is 0. The molecule has 9 nitrogen and oxygen atoms in total. The first-order valence-corrected chi connectivity index (χ1v) is 15.4. The summed E-state index contributed by atoms with van der Waals surface area (Å²) in [7, 11) is -3.53. The van der Waals surface area contributed by atoms with Gasteiger partial charge in [0.1, 0.15) is 5.69 Å². The van der Waals surface area contributed by atoms with Gasteiger partial charge in [0, 0.05) is 25.8 Å². The molecule has 0 N–H and O–H groups in total. The fourth-order valence-corrected chi connectivity index (χ4v) is 8.57. The van der Waals surface area contributed by atoms with E-state index in [1.54, 1.807) is 54.6 Å². The van der Waals surface area contributed by atoms with Crippen molar-refractivity contribution in [3.8, 4) is 11.5 Å². The molecule has 2 heterocycles. The maximum atomic E-state index is 14.0. The van der Waals surface area contributed by atoms with Gasteiger partial charge in [-0.1, -0.05) is 35.4 Å². The van der Waals surface area contributed by atoms with E-state index in [1.165, 1.54) is 29.9 Å². The van der Waals surface area contributed by atoms with Crippen molar-refractivity contribution < 1.29 is 31.0 Å². The molecule has 3 aromatic rings. The lowest BCUT2D eigenvalue weighted by Crippen LogP contribution is -2.48. The first kappa shape index (κ1) is 27.4.